The summed E-state index contributed by atoms with van der Waals surface area (Å²) in [5.41, 5.74) is 0.188. The van der Waals surface area contributed by atoms with Crippen molar-refractivity contribution in [3.05, 3.63) is 51.2 Å². The third-order valence-electron chi connectivity index (χ3n) is 2.72. The molecule has 2 rings (SSSR count). The van der Waals surface area contributed by atoms with E-state index in [1.807, 2.05) is 20.8 Å². The fourth-order valence-electron chi connectivity index (χ4n) is 1.66. The van der Waals surface area contributed by atoms with Crippen molar-refractivity contribution < 1.29 is 4.39 Å². The third-order valence-corrected chi connectivity index (χ3v) is 3.01. The van der Waals surface area contributed by atoms with Crippen molar-refractivity contribution >= 4 is 11.6 Å². The molecule has 0 bridgehead atoms. The van der Waals surface area contributed by atoms with E-state index in [-0.39, 0.29) is 27.4 Å². The van der Waals surface area contributed by atoms with Crippen LogP contribution >= 0.6 is 11.6 Å². The highest BCUT2D eigenvalue weighted by Gasteiger charge is 2.19. The van der Waals surface area contributed by atoms with Gasteiger partial charge in [0.1, 0.15) is 5.82 Å². The molecule has 3 nitrogen and oxygen atoms in total. The number of hydrogen-bond acceptors (Lipinski definition) is 2. The monoisotopic (exact) mass is 280 g/mol. The van der Waals surface area contributed by atoms with Gasteiger partial charge >= 0.3 is 0 Å². The number of benzene rings is 1. The lowest BCUT2D eigenvalue weighted by atomic mass is 9.92. The molecule has 0 saturated heterocycles. The molecule has 0 aliphatic carbocycles. The normalized spacial score (nSPS) is 11.6. The Hall–Kier alpha value is -1.68. The van der Waals surface area contributed by atoms with Crippen molar-refractivity contribution in [2.24, 2.45) is 0 Å². The fourth-order valence-corrected chi connectivity index (χ4v) is 1.83. The number of rotatable bonds is 1. The van der Waals surface area contributed by atoms with E-state index >= 15 is 0 Å². The first-order valence-corrected chi connectivity index (χ1v) is 6.23. The first-order valence-electron chi connectivity index (χ1n) is 5.85. The molecule has 1 heterocycles. The predicted octanol–water partition coefficient (Wildman–Crippen LogP) is 3.53. The van der Waals surface area contributed by atoms with Crippen molar-refractivity contribution in [2.45, 2.75) is 26.2 Å². The van der Waals surface area contributed by atoms with Crippen molar-refractivity contribution in [1.29, 1.82) is 0 Å². The molecule has 100 valence electrons. The van der Waals surface area contributed by atoms with E-state index in [9.17, 15) is 9.18 Å². The van der Waals surface area contributed by atoms with Crippen molar-refractivity contribution in [3.63, 3.8) is 0 Å². The summed E-state index contributed by atoms with van der Waals surface area (Å²) >= 11 is 5.74. The molecule has 1 aromatic carbocycles. The predicted molar refractivity (Wildman–Crippen MR) is 74.0 cm³/mol. The molecule has 0 fully saturated rings. The SMILES string of the molecule is CC(C)(C)c1cc(=O)[nH]c(-c2cccc(Cl)c2F)n1. The second-order valence-electron chi connectivity index (χ2n) is 5.33. The molecule has 0 amide bonds. The lowest BCUT2D eigenvalue weighted by Gasteiger charge is -2.18. The maximum Gasteiger partial charge on any atom is 0.251 e. The maximum absolute atomic E-state index is 14.0. The average molecular weight is 281 g/mol. The number of nitrogens with one attached hydrogen (secondary N) is 1. The lowest BCUT2D eigenvalue weighted by Crippen LogP contribution is -2.20. The number of H-pyrrole nitrogens is 1. The number of aromatic nitrogens is 2. The smallest absolute Gasteiger partial charge is 0.251 e. The van der Waals surface area contributed by atoms with Crippen LogP contribution in [0.3, 0.4) is 0 Å². The van der Waals surface area contributed by atoms with Crippen LogP contribution in [0, 0.1) is 5.82 Å². The number of aromatic amines is 1. The molecular formula is C14H14ClFN2O. The van der Waals surface area contributed by atoms with Crippen molar-refractivity contribution in [3.8, 4) is 11.4 Å². The van der Waals surface area contributed by atoms with Gasteiger partial charge in [0.25, 0.3) is 5.56 Å². The molecule has 0 atom stereocenters. The first kappa shape index (κ1) is 13.7. The number of halogens is 2. The summed E-state index contributed by atoms with van der Waals surface area (Å²) in [7, 11) is 0. The molecule has 0 aliphatic rings. The molecule has 5 heteroatoms. The Morgan fingerprint density at radius 2 is 2.00 bits per heavy atom. The second kappa shape index (κ2) is 4.78. The Labute approximate surface area is 115 Å². The van der Waals surface area contributed by atoms with Gasteiger partial charge in [-0.25, -0.2) is 9.37 Å². The summed E-state index contributed by atoms with van der Waals surface area (Å²) in [6.07, 6.45) is 0. The number of hydrogen-bond donors (Lipinski definition) is 1. The Bertz CT molecular complexity index is 674. The zero-order chi connectivity index (χ0) is 14.2. The Balaban J connectivity index is 2.67. The molecule has 1 aromatic heterocycles. The van der Waals surface area contributed by atoms with E-state index in [0.29, 0.717) is 5.69 Å². The van der Waals surface area contributed by atoms with Gasteiger partial charge in [0.2, 0.25) is 0 Å². The van der Waals surface area contributed by atoms with Crippen LogP contribution in [0.25, 0.3) is 11.4 Å². The summed E-state index contributed by atoms with van der Waals surface area (Å²) in [6, 6.07) is 6.02. The van der Waals surface area contributed by atoms with E-state index in [2.05, 4.69) is 9.97 Å². The maximum atomic E-state index is 14.0. The highest BCUT2D eigenvalue weighted by molar-refractivity contribution is 6.31. The van der Waals surface area contributed by atoms with Crippen LogP contribution in [0.4, 0.5) is 4.39 Å². The molecule has 19 heavy (non-hydrogen) atoms. The quantitative estimate of drug-likeness (QED) is 0.868. The summed E-state index contributed by atoms with van der Waals surface area (Å²) in [4.78, 5) is 18.5. The molecule has 0 unspecified atom stereocenters. The van der Waals surface area contributed by atoms with Crippen LogP contribution in [0.15, 0.2) is 29.1 Å². The summed E-state index contributed by atoms with van der Waals surface area (Å²) < 4.78 is 14.0. The van der Waals surface area contributed by atoms with Crippen LogP contribution in [0.5, 0.6) is 0 Å². The molecule has 0 spiro atoms. The van der Waals surface area contributed by atoms with Gasteiger partial charge in [-0.15, -0.1) is 0 Å². The van der Waals surface area contributed by atoms with Gasteiger partial charge in [0, 0.05) is 11.5 Å². The van der Waals surface area contributed by atoms with Crippen LogP contribution in [-0.4, -0.2) is 9.97 Å². The molecule has 0 aliphatic heterocycles. The summed E-state index contributed by atoms with van der Waals surface area (Å²) in [5.74, 6) is -0.393. The van der Waals surface area contributed by atoms with Crippen LogP contribution in [0.2, 0.25) is 5.02 Å². The zero-order valence-electron chi connectivity index (χ0n) is 10.9. The van der Waals surface area contributed by atoms with Gasteiger partial charge in [-0.05, 0) is 12.1 Å². The van der Waals surface area contributed by atoms with Crippen LogP contribution < -0.4 is 5.56 Å². The average Bonchev–Trinajstić information content (AvgIpc) is 2.31. The zero-order valence-corrected chi connectivity index (χ0v) is 11.7. The van der Waals surface area contributed by atoms with Gasteiger partial charge in [-0.2, -0.15) is 0 Å². The largest absolute Gasteiger partial charge is 0.306 e. The van der Waals surface area contributed by atoms with E-state index in [1.165, 1.54) is 18.2 Å². The minimum Gasteiger partial charge on any atom is -0.306 e. The Morgan fingerprint density at radius 1 is 1.32 bits per heavy atom. The highest BCUT2D eigenvalue weighted by atomic mass is 35.5. The topological polar surface area (TPSA) is 45.8 Å². The van der Waals surface area contributed by atoms with Gasteiger partial charge < -0.3 is 4.98 Å². The number of nitrogens with zero attached hydrogens (tertiary/aromatic N) is 1. The molecule has 0 saturated carbocycles. The molecule has 0 radical (unpaired) electrons. The minimum atomic E-state index is -0.585. The van der Waals surface area contributed by atoms with Crippen LogP contribution in [-0.2, 0) is 5.41 Å². The van der Waals surface area contributed by atoms with E-state index in [0.717, 1.165) is 0 Å². The molecule has 1 N–H and O–H groups in total. The van der Waals surface area contributed by atoms with Gasteiger partial charge in [0.15, 0.2) is 5.82 Å². The Morgan fingerprint density at radius 3 is 2.63 bits per heavy atom. The second-order valence-corrected chi connectivity index (χ2v) is 5.74. The van der Waals surface area contributed by atoms with E-state index in [4.69, 9.17) is 11.6 Å². The van der Waals surface area contributed by atoms with Crippen molar-refractivity contribution in [2.75, 3.05) is 0 Å². The van der Waals surface area contributed by atoms with E-state index < -0.39 is 5.82 Å². The van der Waals surface area contributed by atoms with Crippen molar-refractivity contribution in [1.82, 2.24) is 9.97 Å². The minimum absolute atomic E-state index is 0.00121. The van der Waals surface area contributed by atoms with Gasteiger partial charge in [0.05, 0.1) is 16.3 Å². The standard InChI is InChI=1S/C14H14ClFN2O/c1-14(2,3)10-7-11(19)18-13(17-10)8-5-4-6-9(15)12(8)16/h4-7H,1-3H3,(H,17,18,19). The third kappa shape index (κ3) is 2.84. The van der Waals surface area contributed by atoms with Crippen LogP contribution in [0.1, 0.15) is 26.5 Å². The fraction of sp³-hybridized carbons (Fsp3) is 0.286. The molecular weight excluding hydrogens is 267 g/mol. The summed E-state index contributed by atoms with van der Waals surface area (Å²) in [6.45, 7) is 5.81. The lowest BCUT2D eigenvalue weighted by molar-refractivity contribution is 0.565. The van der Waals surface area contributed by atoms with Gasteiger partial charge in [-0.1, -0.05) is 38.4 Å². The van der Waals surface area contributed by atoms with E-state index in [1.54, 1.807) is 6.07 Å². The molecule has 2 aromatic rings. The highest BCUT2D eigenvalue weighted by Crippen LogP contribution is 2.26. The first-order chi connectivity index (χ1) is 8.79. The van der Waals surface area contributed by atoms with Gasteiger partial charge in [-0.3, -0.25) is 4.79 Å². The Kier molecular flexibility index (Phi) is 3.45. The summed E-state index contributed by atoms with van der Waals surface area (Å²) in [5, 5.41) is 0.00121.